The SMILES string of the molecule is Cc1[nH]c(=O)n(CC2CCCNC2)c1C. The zero-order valence-electron chi connectivity index (χ0n) is 9.47. The second kappa shape index (κ2) is 4.23. The lowest BCUT2D eigenvalue weighted by molar-refractivity contribution is 0.332. The van der Waals surface area contributed by atoms with Crippen LogP contribution in [-0.2, 0) is 6.54 Å². The number of hydrogen-bond acceptors (Lipinski definition) is 2. The summed E-state index contributed by atoms with van der Waals surface area (Å²) in [6.45, 7) is 6.96. The van der Waals surface area contributed by atoms with Crippen LogP contribution in [0.3, 0.4) is 0 Å². The van der Waals surface area contributed by atoms with Gasteiger partial charge >= 0.3 is 5.69 Å². The molecule has 1 aromatic rings. The van der Waals surface area contributed by atoms with Crippen LogP contribution in [0.15, 0.2) is 4.79 Å². The first-order valence-corrected chi connectivity index (χ1v) is 5.65. The lowest BCUT2D eigenvalue weighted by Crippen LogP contribution is -2.34. The molecule has 0 saturated carbocycles. The Morgan fingerprint density at radius 2 is 2.27 bits per heavy atom. The summed E-state index contributed by atoms with van der Waals surface area (Å²) in [6, 6.07) is 0. The van der Waals surface area contributed by atoms with Crippen LogP contribution in [-0.4, -0.2) is 22.6 Å². The number of H-pyrrole nitrogens is 1. The Bertz CT molecular complexity index is 385. The maximum atomic E-state index is 11.6. The van der Waals surface area contributed by atoms with E-state index in [1.807, 2.05) is 18.4 Å². The molecule has 1 saturated heterocycles. The highest BCUT2D eigenvalue weighted by atomic mass is 16.1. The number of nitrogens with one attached hydrogen (secondary N) is 2. The standard InChI is InChI=1S/C11H19N3O/c1-8-9(2)14(11(15)13-8)7-10-4-3-5-12-6-10/h10,12H,3-7H2,1-2H3,(H,13,15). The Kier molecular flexibility index (Phi) is 2.95. The van der Waals surface area contributed by atoms with Gasteiger partial charge in [0.2, 0.25) is 0 Å². The smallest absolute Gasteiger partial charge is 0.316 e. The molecule has 2 N–H and O–H groups in total. The predicted molar refractivity (Wildman–Crippen MR) is 60.1 cm³/mol. The van der Waals surface area contributed by atoms with E-state index in [1.165, 1.54) is 12.8 Å². The molecular formula is C11H19N3O. The number of nitrogens with zero attached hydrogens (tertiary/aromatic N) is 1. The van der Waals surface area contributed by atoms with Crippen molar-refractivity contribution in [2.24, 2.45) is 5.92 Å². The molecule has 15 heavy (non-hydrogen) atoms. The number of aromatic amines is 1. The summed E-state index contributed by atoms with van der Waals surface area (Å²) in [5.41, 5.74) is 2.10. The van der Waals surface area contributed by atoms with Gasteiger partial charge in [0.15, 0.2) is 0 Å². The second-order valence-corrected chi connectivity index (χ2v) is 4.46. The molecule has 4 heteroatoms. The first-order valence-electron chi connectivity index (χ1n) is 5.65. The van der Waals surface area contributed by atoms with Crippen LogP contribution < -0.4 is 11.0 Å². The van der Waals surface area contributed by atoms with Crippen LogP contribution in [0.2, 0.25) is 0 Å². The van der Waals surface area contributed by atoms with Crippen LogP contribution in [0, 0.1) is 19.8 Å². The molecule has 2 heterocycles. The molecule has 4 nitrogen and oxygen atoms in total. The number of aromatic nitrogens is 2. The molecule has 1 fully saturated rings. The Hall–Kier alpha value is -1.03. The van der Waals surface area contributed by atoms with E-state index < -0.39 is 0 Å². The first kappa shape index (κ1) is 10.5. The molecule has 0 radical (unpaired) electrons. The molecule has 84 valence electrons. The summed E-state index contributed by atoms with van der Waals surface area (Å²) in [7, 11) is 0. The van der Waals surface area contributed by atoms with Crippen molar-refractivity contribution in [3.63, 3.8) is 0 Å². The monoisotopic (exact) mass is 209 g/mol. The van der Waals surface area contributed by atoms with Crippen molar-refractivity contribution in [2.45, 2.75) is 33.2 Å². The van der Waals surface area contributed by atoms with Gasteiger partial charge < -0.3 is 10.3 Å². The van der Waals surface area contributed by atoms with E-state index in [9.17, 15) is 4.79 Å². The van der Waals surface area contributed by atoms with Gasteiger partial charge in [0, 0.05) is 17.9 Å². The lowest BCUT2D eigenvalue weighted by Gasteiger charge is -2.23. The van der Waals surface area contributed by atoms with Crippen LogP contribution in [0.4, 0.5) is 0 Å². The van der Waals surface area contributed by atoms with Gasteiger partial charge in [-0.3, -0.25) is 4.57 Å². The molecule has 0 spiro atoms. The quantitative estimate of drug-likeness (QED) is 0.756. The number of hydrogen-bond donors (Lipinski definition) is 2. The van der Waals surface area contributed by atoms with Crippen molar-refractivity contribution in [1.82, 2.24) is 14.9 Å². The lowest BCUT2D eigenvalue weighted by atomic mass is 9.99. The largest absolute Gasteiger partial charge is 0.325 e. The first-order chi connectivity index (χ1) is 7.18. The van der Waals surface area contributed by atoms with E-state index in [2.05, 4.69) is 10.3 Å². The number of aryl methyl sites for hydroxylation is 1. The molecule has 0 aliphatic carbocycles. The topological polar surface area (TPSA) is 49.8 Å². The average Bonchev–Trinajstić information content (AvgIpc) is 2.47. The number of imidazole rings is 1. The van der Waals surface area contributed by atoms with Crippen molar-refractivity contribution in [3.8, 4) is 0 Å². The van der Waals surface area contributed by atoms with E-state index in [4.69, 9.17) is 0 Å². The van der Waals surface area contributed by atoms with Gasteiger partial charge in [-0.25, -0.2) is 4.79 Å². The van der Waals surface area contributed by atoms with Gasteiger partial charge in [-0.05, 0) is 45.7 Å². The molecule has 1 aromatic heterocycles. The Morgan fingerprint density at radius 3 is 2.80 bits per heavy atom. The van der Waals surface area contributed by atoms with E-state index >= 15 is 0 Å². The highest BCUT2D eigenvalue weighted by Gasteiger charge is 2.16. The van der Waals surface area contributed by atoms with E-state index in [0.717, 1.165) is 31.0 Å². The minimum atomic E-state index is 0.0376. The predicted octanol–water partition coefficient (Wildman–Crippen LogP) is 0.793. The van der Waals surface area contributed by atoms with Crippen LogP contribution in [0.25, 0.3) is 0 Å². The molecule has 0 amide bonds. The van der Waals surface area contributed by atoms with Crippen molar-refractivity contribution in [2.75, 3.05) is 13.1 Å². The summed E-state index contributed by atoms with van der Waals surface area (Å²) < 4.78 is 1.87. The molecule has 0 bridgehead atoms. The van der Waals surface area contributed by atoms with Gasteiger partial charge in [-0.1, -0.05) is 0 Å². The van der Waals surface area contributed by atoms with Crippen LogP contribution in [0.1, 0.15) is 24.2 Å². The molecule has 1 aliphatic heterocycles. The second-order valence-electron chi connectivity index (χ2n) is 4.46. The van der Waals surface area contributed by atoms with Gasteiger partial charge in [-0.2, -0.15) is 0 Å². The summed E-state index contributed by atoms with van der Waals surface area (Å²) in [6.07, 6.45) is 2.45. The normalized spacial score (nSPS) is 21.9. The van der Waals surface area contributed by atoms with E-state index in [1.54, 1.807) is 0 Å². The number of piperidine rings is 1. The summed E-state index contributed by atoms with van der Waals surface area (Å²) >= 11 is 0. The summed E-state index contributed by atoms with van der Waals surface area (Å²) in [4.78, 5) is 14.5. The molecule has 2 rings (SSSR count). The maximum absolute atomic E-state index is 11.6. The number of rotatable bonds is 2. The van der Waals surface area contributed by atoms with Crippen LogP contribution in [0.5, 0.6) is 0 Å². The highest BCUT2D eigenvalue weighted by Crippen LogP contribution is 2.13. The van der Waals surface area contributed by atoms with E-state index in [-0.39, 0.29) is 5.69 Å². The van der Waals surface area contributed by atoms with Crippen LogP contribution >= 0.6 is 0 Å². The van der Waals surface area contributed by atoms with Crippen molar-refractivity contribution in [3.05, 3.63) is 21.9 Å². The summed E-state index contributed by atoms with van der Waals surface area (Å²) in [5, 5.41) is 3.38. The van der Waals surface area contributed by atoms with Crippen molar-refractivity contribution in [1.29, 1.82) is 0 Å². The minimum Gasteiger partial charge on any atom is -0.316 e. The maximum Gasteiger partial charge on any atom is 0.325 e. The van der Waals surface area contributed by atoms with Crippen molar-refractivity contribution >= 4 is 0 Å². The van der Waals surface area contributed by atoms with Gasteiger partial charge in [0.1, 0.15) is 0 Å². The Morgan fingerprint density at radius 1 is 1.47 bits per heavy atom. The van der Waals surface area contributed by atoms with Gasteiger partial charge in [0.05, 0.1) is 0 Å². The summed E-state index contributed by atoms with van der Waals surface area (Å²) in [5.74, 6) is 0.602. The molecule has 1 atom stereocenters. The third-order valence-corrected chi connectivity index (χ3v) is 3.33. The van der Waals surface area contributed by atoms with Crippen molar-refractivity contribution < 1.29 is 0 Å². The Labute approximate surface area is 89.7 Å². The minimum absolute atomic E-state index is 0.0376. The molecular weight excluding hydrogens is 190 g/mol. The molecule has 1 aliphatic rings. The van der Waals surface area contributed by atoms with Gasteiger partial charge in [-0.15, -0.1) is 0 Å². The fourth-order valence-electron chi connectivity index (χ4n) is 2.23. The third-order valence-electron chi connectivity index (χ3n) is 3.33. The van der Waals surface area contributed by atoms with Gasteiger partial charge in [0.25, 0.3) is 0 Å². The zero-order valence-corrected chi connectivity index (χ0v) is 9.47. The fraction of sp³-hybridized carbons (Fsp3) is 0.727. The van der Waals surface area contributed by atoms with E-state index in [0.29, 0.717) is 5.92 Å². The third kappa shape index (κ3) is 2.15. The Balaban J connectivity index is 2.12. The molecule has 0 aromatic carbocycles. The average molecular weight is 209 g/mol. The molecule has 1 unspecified atom stereocenters. The fourth-order valence-corrected chi connectivity index (χ4v) is 2.23. The zero-order chi connectivity index (χ0) is 10.8. The highest BCUT2D eigenvalue weighted by molar-refractivity contribution is 5.08.